The van der Waals surface area contributed by atoms with Gasteiger partial charge < -0.3 is 16.4 Å². The maximum Gasteiger partial charge on any atom is 0.242 e. The lowest BCUT2D eigenvalue weighted by molar-refractivity contribution is -0.130. The fraction of sp³-hybridized carbons (Fsp3) is 0.625. The maximum absolute atomic E-state index is 11.3. The van der Waals surface area contributed by atoms with E-state index in [0.717, 1.165) is 0 Å². The van der Waals surface area contributed by atoms with E-state index < -0.39 is 23.9 Å². The molecule has 0 aliphatic heterocycles. The van der Waals surface area contributed by atoms with Crippen molar-refractivity contribution in [2.24, 2.45) is 5.73 Å². The Morgan fingerprint density at radius 3 is 1.93 bits per heavy atom. The summed E-state index contributed by atoms with van der Waals surface area (Å²) in [5.41, 5.74) is 4.94. The molecule has 3 amide bonds. The van der Waals surface area contributed by atoms with E-state index >= 15 is 0 Å². The van der Waals surface area contributed by atoms with Crippen LogP contribution >= 0.6 is 0 Å². The fourth-order valence-corrected chi connectivity index (χ4v) is 0.780. The lowest BCUT2D eigenvalue weighted by Crippen LogP contribution is -2.50. The number of nitrogens with one attached hydrogen (secondary N) is 2. The fourth-order valence-electron chi connectivity index (χ4n) is 0.780. The molecule has 0 fully saturated rings. The molecule has 0 radical (unpaired) electrons. The van der Waals surface area contributed by atoms with Crippen LogP contribution in [0, 0.1) is 0 Å². The Morgan fingerprint density at radius 2 is 1.57 bits per heavy atom. The first kappa shape index (κ1) is 12.4. The summed E-state index contributed by atoms with van der Waals surface area (Å²) in [7, 11) is 0. The van der Waals surface area contributed by atoms with Crippen molar-refractivity contribution in [3.63, 3.8) is 0 Å². The third-order valence-corrected chi connectivity index (χ3v) is 1.60. The zero-order valence-electron chi connectivity index (χ0n) is 8.46. The normalized spacial score (nSPS) is 13.9. The number of carbonyl (C=O) groups is 3. The first-order valence-corrected chi connectivity index (χ1v) is 4.21. The zero-order chi connectivity index (χ0) is 11.3. The van der Waals surface area contributed by atoms with E-state index in [1.54, 1.807) is 0 Å². The van der Waals surface area contributed by atoms with E-state index in [1.165, 1.54) is 20.8 Å². The second kappa shape index (κ2) is 5.21. The predicted molar refractivity (Wildman–Crippen MR) is 50.1 cm³/mol. The van der Waals surface area contributed by atoms with E-state index in [-0.39, 0.29) is 5.91 Å². The summed E-state index contributed by atoms with van der Waals surface area (Å²) >= 11 is 0. The van der Waals surface area contributed by atoms with Gasteiger partial charge in [0.2, 0.25) is 17.7 Å². The van der Waals surface area contributed by atoms with Gasteiger partial charge in [0.05, 0.1) is 0 Å². The molecular weight excluding hydrogens is 186 g/mol. The highest BCUT2D eigenvalue weighted by atomic mass is 16.2. The van der Waals surface area contributed by atoms with Crippen LogP contribution < -0.4 is 16.4 Å². The minimum Gasteiger partial charge on any atom is -0.368 e. The average Bonchev–Trinajstić information content (AvgIpc) is 2.02. The summed E-state index contributed by atoms with van der Waals surface area (Å²) < 4.78 is 0. The molecule has 0 saturated heterocycles. The first-order valence-electron chi connectivity index (χ1n) is 4.21. The highest BCUT2D eigenvalue weighted by molar-refractivity contribution is 5.90. The van der Waals surface area contributed by atoms with Gasteiger partial charge in [-0.05, 0) is 13.8 Å². The van der Waals surface area contributed by atoms with Gasteiger partial charge in [0.15, 0.2) is 0 Å². The maximum atomic E-state index is 11.3. The molecule has 0 aromatic heterocycles. The van der Waals surface area contributed by atoms with Crippen LogP contribution in [0.15, 0.2) is 0 Å². The van der Waals surface area contributed by atoms with Crippen molar-refractivity contribution in [3.05, 3.63) is 0 Å². The smallest absolute Gasteiger partial charge is 0.242 e. The molecule has 2 atom stereocenters. The monoisotopic (exact) mass is 201 g/mol. The lowest BCUT2D eigenvalue weighted by atomic mass is 10.2. The molecule has 0 aromatic carbocycles. The third-order valence-electron chi connectivity index (χ3n) is 1.60. The Kier molecular flexibility index (Phi) is 4.62. The molecule has 0 aliphatic carbocycles. The number of nitrogens with two attached hydrogens (primary N) is 1. The summed E-state index contributed by atoms with van der Waals surface area (Å²) in [5, 5.41) is 4.74. The van der Waals surface area contributed by atoms with Crippen molar-refractivity contribution in [2.75, 3.05) is 0 Å². The predicted octanol–water partition coefficient (Wildman–Crippen LogP) is -1.50. The highest BCUT2D eigenvalue weighted by Crippen LogP contribution is 1.85. The summed E-state index contributed by atoms with van der Waals surface area (Å²) in [5.74, 6) is -1.36. The van der Waals surface area contributed by atoms with Crippen molar-refractivity contribution >= 4 is 17.7 Å². The lowest BCUT2D eigenvalue weighted by Gasteiger charge is -2.15. The van der Waals surface area contributed by atoms with Crippen LogP contribution in [0.5, 0.6) is 0 Å². The van der Waals surface area contributed by atoms with Crippen molar-refractivity contribution in [3.8, 4) is 0 Å². The molecule has 0 bridgehead atoms. The molecule has 6 nitrogen and oxygen atoms in total. The van der Waals surface area contributed by atoms with Crippen molar-refractivity contribution in [1.82, 2.24) is 10.6 Å². The molecule has 80 valence electrons. The van der Waals surface area contributed by atoms with Crippen LogP contribution in [0.1, 0.15) is 20.8 Å². The van der Waals surface area contributed by atoms with Crippen LogP contribution in [0.25, 0.3) is 0 Å². The van der Waals surface area contributed by atoms with Gasteiger partial charge in [0.1, 0.15) is 12.1 Å². The summed E-state index contributed by atoms with van der Waals surface area (Å²) in [6.07, 6.45) is 0. The van der Waals surface area contributed by atoms with Gasteiger partial charge in [0, 0.05) is 6.92 Å². The number of carbonyl (C=O) groups excluding carboxylic acids is 3. The molecule has 0 spiro atoms. The molecule has 0 rings (SSSR count). The zero-order valence-corrected chi connectivity index (χ0v) is 8.46. The van der Waals surface area contributed by atoms with Gasteiger partial charge in [0.25, 0.3) is 0 Å². The second-order valence-corrected chi connectivity index (χ2v) is 3.05. The van der Waals surface area contributed by atoms with Gasteiger partial charge in [-0.2, -0.15) is 0 Å². The van der Waals surface area contributed by atoms with E-state index in [4.69, 9.17) is 5.73 Å². The summed E-state index contributed by atoms with van der Waals surface area (Å²) in [4.78, 5) is 32.5. The largest absolute Gasteiger partial charge is 0.368 e. The number of rotatable bonds is 4. The molecule has 6 heteroatoms. The van der Waals surface area contributed by atoms with E-state index in [1.807, 2.05) is 0 Å². The van der Waals surface area contributed by atoms with E-state index in [9.17, 15) is 14.4 Å². The quantitative estimate of drug-likeness (QED) is 0.516. The van der Waals surface area contributed by atoms with Crippen LogP contribution in [0.2, 0.25) is 0 Å². The van der Waals surface area contributed by atoms with Crippen molar-refractivity contribution < 1.29 is 14.4 Å². The van der Waals surface area contributed by atoms with Crippen LogP contribution in [0.4, 0.5) is 0 Å². The second-order valence-electron chi connectivity index (χ2n) is 3.05. The SMILES string of the molecule is CC(=O)NC(C)C(=O)NC(C)C(N)=O. The van der Waals surface area contributed by atoms with E-state index in [2.05, 4.69) is 10.6 Å². The Hall–Kier alpha value is -1.59. The molecule has 0 aliphatic rings. The topological polar surface area (TPSA) is 101 Å². The van der Waals surface area contributed by atoms with Crippen LogP contribution in [-0.2, 0) is 14.4 Å². The minimum absolute atomic E-state index is 0.306. The molecule has 0 saturated carbocycles. The van der Waals surface area contributed by atoms with Gasteiger partial charge in [-0.1, -0.05) is 0 Å². The number of hydrogen-bond acceptors (Lipinski definition) is 3. The molecule has 14 heavy (non-hydrogen) atoms. The van der Waals surface area contributed by atoms with Crippen molar-refractivity contribution in [1.29, 1.82) is 0 Å². The van der Waals surface area contributed by atoms with Gasteiger partial charge in [-0.25, -0.2) is 0 Å². The molecule has 0 heterocycles. The molecule has 2 unspecified atom stereocenters. The van der Waals surface area contributed by atoms with Gasteiger partial charge >= 0.3 is 0 Å². The standard InChI is InChI=1S/C8H15N3O3/c1-4(7(9)13)11-8(14)5(2)10-6(3)12/h4-5H,1-3H3,(H2,9,13)(H,10,12)(H,11,14). The molecule has 0 aromatic rings. The average molecular weight is 201 g/mol. The third kappa shape index (κ3) is 4.44. The van der Waals surface area contributed by atoms with Crippen molar-refractivity contribution in [2.45, 2.75) is 32.9 Å². The van der Waals surface area contributed by atoms with Gasteiger partial charge in [-0.3, -0.25) is 14.4 Å². The Labute approximate surface area is 82.2 Å². The number of primary amides is 1. The molecular formula is C8H15N3O3. The molecule has 4 N–H and O–H groups in total. The number of hydrogen-bond donors (Lipinski definition) is 3. The Bertz CT molecular complexity index is 252. The number of amides is 3. The first-order chi connectivity index (χ1) is 6.34. The summed E-state index contributed by atoms with van der Waals surface area (Å²) in [6, 6.07) is -1.41. The van der Waals surface area contributed by atoms with E-state index in [0.29, 0.717) is 0 Å². The van der Waals surface area contributed by atoms with Crippen LogP contribution in [0.3, 0.4) is 0 Å². The highest BCUT2D eigenvalue weighted by Gasteiger charge is 2.17. The Balaban J connectivity index is 4.07. The van der Waals surface area contributed by atoms with Crippen LogP contribution in [-0.4, -0.2) is 29.8 Å². The summed E-state index contributed by atoms with van der Waals surface area (Å²) in [6.45, 7) is 4.30. The minimum atomic E-state index is -0.737. The Morgan fingerprint density at radius 1 is 1.07 bits per heavy atom. The van der Waals surface area contributed by atoms with Gasteiger partial charge in [-0.15, -0.1) is 0 Å².